The number of nitriles is 1. The Morgan fingerprint density at radius 3 is 2.67 bits per heavy atom. The molecule has 1 heterocycles. The molecule has 0 fully saturated rings. The first-order chi connectivity index (χ1) is 4.25. The second-order valence-corrected chi connectivity index (χ2v) is 1.63. The van der Waals surface area contributed by atoms with Gasteiger partial charge in [-0.05, 0) is 6.92 Å². The van der Waals surface area contributed by atoms with Crippen LogP contribution in [0, 0.1) is 18.3 Å². The van der Waals surface area contributed by atoms with Crippen molar-refractivity contribution in [3.8, 4) is 6.07 Å². The van der Waals surface area contributed by atoms with Gasteiger partial charge in [0.05, 0.1) is 5.56 Å². The first-order valence-electron chi connectivity index (χ1n) is 2.37. The van der Waals surface area contributed by atoms with Crippen LogP contribution in [-0.4, -0.2) is 5.16 Å². The summed E-state index contributed by atoms with van der Waals surface area (Å²) in [7, 11) is 0. The Labute approximate surface area is 51.9 Å². The second-order valence-electron chi connectivity index (χ2n) is 1.63. The number of hydrogen-bond donors (Lipinski definition) is 1. The van der Waals surface area contributed by atoms with E-state index in [4.69, 9.17) is 11.0 Å². The molecule has 4 heteroatoms. The van der Waals surface area contributed by atoms with Gasteiger partial charge in [0.1, 0.15) is 6.07 Å². The van der Waals surface area contributed by atoms with Crippen LogP contribution >= 0.6 is 0 Å². The summed E-state index contributed by atoms with van der Waals surface area (Å²) in [4.78, 5) is 0. The molecule has 2 N–H and O–H groups in total. The van der Waals surface area contributed by atoms with Gasteiger partial charge in [0.2, 0.25) is 5.88 Å². The van der Waals surface area contributed by atoms with E-state index in [2.05, 4.69) is 9.68 Å². The Morgan fingerprint density at radius 2 is 2.44 bits per heavy atom. The standard InChI is InChI=1S/C5H5N3O/c1-3-4(2-6)8-9-5(3)7/h7H2,1H3. The van der Waals surface area contributed by atoms with E-state index >= 15 is 0 Å². The lowest BCUT2D eigenvalue weighted by Gasteiger charge is -1.79. The number of aromatic nitrogens is 1. The van der Waals surface area contributed by atoms with Crippen molar-refractivity contribution in [3.05, 3.63) is 11.3 Å². The molecule has 1 aromatic heterocycles. The average Bonchev–Trinajstić information content (AvgIpc) is 2.15. The molecule has 0 atom stereocenters. The maximum atomic E-state index is 8.30. The van der Waals surface area contributed by atoms with Crippen LogP contribution in [0.1, 0.15) is 11.3 Å². The minimum Gasteiger partial charge on any atom is -0.367 e. The third-order valence-electron chi connectivity index (χ3n) is 1.07. The molecule has 0 unspecified atom stereocenters. The zero-order chi connectivity index (χ0) is 6.85. The van der Waals surface area contributed by atoms with Crippen LogP contribution in [0.3, 0.4) is 0 Å². The molecule has 1 aromatic rings. The fraction of sp³-hybridized carbons (Fsp3) is 0.200. The number of rotatable bonds is 0. The topological polar surface area (TPSA) is 75.8 Å². The van der Waals surface area contributed by atoms with Crippen LogP contribution < -0.4 is 5.73 Å². The second kappa shape index (κ2) is 1.78. The summed E-state index contributed by atoms with van der Waals surface area (Å²) >= 11 is 0. The molecule has 0 saturated carbocycles. The molecule has 46 valence electrons. The highest BCUT2D eigenvalue weighted by atomic mass is 16.5. The fourth-order valence-electron chi connectivity index (χ4n) is 0.453. The van der Waals surface area contributed by atoms with Crippen LogP contribution in [0.25, 0.3) is 0 Å². The predicted octanol–water partition coefficient (Wildman–Crippen LogP) is 0.437. The smallest absolute Gasteiger partial charge is 0.226 e. The van der Waals surface area contributed by atoms with Gasteiger partial charge in [-0.15, -0.1) is 0 Å². The molecule has 0 radical (unpaired) electrons. The third kappa shape index (κ3) is 0.722. The van der Waals surface area contributed by atoms with Crippen LogP contribution in [-0.2, 0) is 0 Å². The van der Waals surface area contributed by atoms with Crippen LogP contribution in [0.4, 0.5) is 5.88 Å². The molecular formula is C5H5N3O. The summed E-state index contributed by atoms with van der Waals surface area (Å²) in [6.07, 6.45) is 0. The lowest BCUT2D eigenvalue weighted by molar-refractivity contribution is 0.434. The largest absolute Gasteiger partial charge is 0.367 e. The SMILES string of the molecule is Cc1c(C#N)noc1N. The molecule has 0 aliphatic heterocycles. The van der Waals surface area contributed by atoms with Gasteiger partial charge in [0.25, 0.3) is 0 Å². The van der Waals surface area contributed by atoms with E-state index < -0.39 is 0 Å². The average molecular weight is 123 g/mol. The molecule has 0 aliphatic rings. The van der Waals surface area contributed by atoms with E-state index in [0.29, 0.717) is 5.56 Å². The van der Waals surface area contributed by atoms with E-state index in [0.717, 1.165) is 0 Å². The van der Waals surface area contributed by atoms with Crippen molar-refractivity contribution < 1.29 is 4.52 Å². The zero-order valence-electron chi connectivity index (χ0n) is 4.88. The van der Waals surface area contributed by atoms with E-state index in [1.807, 2.05) is 6.07 Å². The summed E-state index contributed by atoms with van der Waals surface area (Å²) in [5, 5.41) is 11.7. The molecular weight excluding hydrogens is 118 g/mol. The van der Waals surface area contributed by atoms with Crippen LogP contribution in [0.5, 0.6) is 0 Å². The van der Waals surface area contributed by atoms with Gasteiger partial charge in [-0.25, -0.2) is 0 Å². The molecule has 4 nitrogen and oxygen atoms in total. The van der Waals surface area contributed by atoms with Gasteiger partial charge in [0, 0.05) is 0 Å². The van der Waals surface area contributed by atoms with Crippen LogP contribution in [0.2, 0.25) is 0 Å². The van der Waals surface area contributed by atoms with Crippen molar-refractivity contribution in [2.45, 2.75) is 6.92 Å². The summed E-state index contributed by atoms with van der Waals surface area (Å²) in [5.74, 6) is 0.214. The molecule has 0 amide bonds. The maximum Gasteiger partial charge on any atom is 0.226 e. The van der Waals surface area contributed by atoms with Crippen molar-refractivity contribution in [1.29, 1.82) is 5.26 Å². The summed E-state index contributed by atoms with van der Waals surface area (Å²) in [6, 6.07) is 1.83. The van der Waals surface area contributed by atoms with Gasteiger partial charge in [-0.2, -0.15) is 5.26 Å². The molecule has 9 heavy (non-hydrogen) atoms. The Kier molecular flexibility index (Phi) is 1.12. The molecule has 0 aliphatic carbocycles. The van der Waals surface area contributed by atoms with E-state index in [9.17, 15) is 0 Å². The Bertz CT molecular complexity index is 258. The zero-order valence-corrected chi connectivity index (χ0v) is 4.88. The Morgan fingerprint density at radius 1 is 1.78 bits per heavy atom. The van der Waals surface area contributed by atoms with Crippen molar-refractivity contribution in [2.75, 3.05) is 5.73 Å². The number of nitrogen functional groups attached to an aromatic ring is 1. The van der Waals surface area contributed by atoms with E-state index in [1.54, 1.807) is 6.92 Å². The van der Waals surface area contributed by atoms with Crippen molar-refractivity contribution in [1.82, 2.24) is 5.16 Å². The summed E-state index contributed by atoms with van der Waals surface area (Å²) < 4.78 is 4.49. The van der Waals surface area contributed by atoms with Gasteiger partial charge >= 0.3 is 0 Å². The number of anilines is 1. The quantitative estimate of drug-likeness (QED) is 0.543. The first-order valence-corrected chi connectivity index (χ1v) is 2.37. The summed E-state index contributed by atoms with van der Waals surface area (Å²) in [6.45, 7) is 1.68. The number of nitrogens with zero attached hydrogens (tertiary/aromatic N) is 2. The third-order valence-corrected chi connectivity index (χ3v) is 1.07. The number of hydrogen-bond acceptors (Lipinski definition) is 4. The fourth-order valence-corrected chi connectivity index (χ4v) is 0.453. The number of nitrogens with two attached hydrogens (primary N) is 1. The first kappa shape index (κ1) is 5.63. The highest BCUT2D eigenvalue weighted by Crippen LogP contribution is 2.12. The van der Waals surface area contributed by atoms with Crippen molar-refractivity contribution in [2.24, 2.45) is 0 Å². The molecule has 0 aromatic carbocycles. The van der Waals surface area contributed by atoms with Crippen molar-refractivity contribution >= 4 is 5.88 Å². The van der Waals surface area contributed by atoms with Gasteiger partial charge in [0.15, 0.2) is 5.69 Å². The lowest BCUT2D eigenvalue weighted by Crippen LogP contribution is -1.83. The normalized spacial score (nSPS) is 8.89. The monoisotopic (exact) mass is 123 g/mol. The predicted molar refractivity (Wildman–Crippen MR) is 30.4 cm³/mol. The van der Waals surface area contributed by atoms with Gasteiger partial charge in [-0.3, -0.25) is 0 Å². The maximum absolute atomic E-state index is 8.30. The summed E-state index contributed by atoms with van der Waals surface area (Å²) in [5.41, 5.74) is 6.10. The molecule has 1 rings (SSSR count). The van der Waals surface area contributed by atoms with Crippen molar-refractivity contribution in [3.63, 3.8) is 0 Å². The van der Waals surface area contributed by atoms with E-state index in [-0.39, 0.29) is 11.6 Å². The van der Waals surface area contributed by atoms with Gasteiger partial charge < -0.3 is 10.3 Å². The molecule has 0 saturated heterocycles. The molecule has 0 bridgehead atoms. The van der Waals surface area contributed by atoms with E-state index in [1.165, 1.54) is 0 Å². The minimum atomic E-state index is 0.214. The highest BCUT2D eigenvalue weighted by molar-refractivity contribution is 5.42. The van der Waals surface area contributed by atoms with Crippen LogP contribution in [0.15, 0.2) is 4.52 Å². The lowest BCUT2D eigenvalue weighted by atomic mass is 10.3. The Balaban J connectivity index is 3.24. The Hall–Kier alpha value is -1.50. The minimum absolute atomic E-state index is 0.214. The molecule has 0 spiro atoms. The highest BCUT2D eigenvalue weighted by Gasteiger charge is 2.05. The van der Waals surface area contributed by atoms with Gasteiger partial charge in [-0.1, -0.05) is 5.16 Å².